The molecule has 1 aromatic carbocycles. The van der Waals surface area contributed by atoms with Crippen molar-refractivity contribution in [3.8, 4) is 23.0 Å². The van der Waals surface area contributed by atoms with E-state index in [4.69, 9.17) is 4.74 Å². The Labute approximate surface area is 194 Å². The average molecular weight is 488 g/mol. The Balaban J connectivity index is 1.76. The van der Waals surface area contributed by atoms with Crippen LogP contribution in [0, 0.1) is 12.7 Å². The van der Waals surface area contributed by atoms with Gasteiger partial charge in [0.25, 0.3) is 0 Å². The molecule has 0 aliphatic heterocycles. The molecule has 0 bridgehead atoms. The van der Waals surface area contributed by atoms with Gasteiger partial charge in [0, 0.05) is 13.5 Å². The minimum atomic E-state index is -3.98. The SMILES string of the molecule is COc1cccc(C)c1-n1c(NS(=O)(=O)[C@@H](C)Cc2ncc(F)cn2)nnc1-c1cnn(C)n1. The smallest absolute Gasteiger partial charge is 0.243 e. The van der Waals surface area contributed by atoms with Crippen LogP contribution in [0.5, 0.6) is 5.75 Å². The van der Waals surface area contributed by atoms with Gasteiger partial charge in [0.2, 0.25) is 16.0 Å². The summed E-state index contributed by atoms with van der Waals surface area (Å²) in [6.45, 7) is 3.35. The van der Waals surface area contributed by atoms with Gasteiger partial charge in [0.05, 0.1) is 36.6 Å². The van der Waals surface area contributed by atoms with Crippen LogP contribution >= 0.6 is 0 Å². The number of benzene rings is 1. The molecule has 0 radical (unpaired) electrons. The van der Waals surface area contributed by atoms with E-state index in [2.05, 4.69) is 35.1 Å². The van der Waals surface area contributed by atoms with Gasteiger partial charge in [-0.15, -0.1) is 10.2 Å². The van der Waals surface area contributed by atoms with E-state index in [1.54, 1.807) is 13.1 Å². The Morgan fingerprint density at radius 3 is 2.56 bits per heavy atom. The molecule has 178 valence electrons. The molecule has 0 aliphatic carbocycles. The average Bonchev–Trinajstić information content (AvgIpc) is 3.40. The van der Waals surface area contributed by atoms with Gasteiger partial charge in [-0.3, -0.25) is 9.29 Å². The number of aromatic nitrogens is 8. The third-order valence-corrected chi connectivity index (χ3v) is 6.74. The highest BCUT2D eigenvalue weighted by atomic mass is 32.2. The third-order valence-electron chi connectivity index (χ3n) is 5.04. The van der Waals surface area contributed by atoms with E-state index in [0.29, 0.717) is 17.1 Å². The molecule has 0 saturated carbocycles. The van der Waals surface area contributed by atoms with Crippen LogP contribution in [-0.4, -0.2) is 60.5 Å². The van der Waals surface area contributed by atoms with Gasteiger partial charge in [-0.05, 0) is 25.5 Å². The number of halogens is 1. The van der Waals surface area contributed by atoms with Crippen molar-refractivity contribution in [2.45, 2.75) is 25.5 Å². The number of rotatable bonds is 8. The molecule has 14 heteroatoms. The van der Waals surface area contributed by atoms with Crippen LogP contribution in [0.4, 0.5) is 10.3 Å². The first-order valence-electron chi connectivity index (χ1n) is 10.1. The fourth-order valence-corrected chi connectivity index (χ4v) is 4.26. The fraction of sp³-hybridized carbons (Fsp3) is 0.300. The summed E-state index contributed by atoms with van der Waals surface area (Å²) < 4.78 is 49.0. The second kappa shape index (κ2) is 9.13. The van der Waals surface area contributed by atoms with E-state index in [9.17, 15) is 12.8 Å². The first-order valence-corrected chi connectivity index (χ1v) is 11.7. The summed E-state index contributed by atoms with van der Waals surface area (Å²) in [6.07, 6.45) is 3.44. The van der Waals surface area contributed by atoms with Gasteiger partial charge < -0.3 is 4.74 Å². The number of hydrogen-bond donors (Lipinski definition) is 1. The van der Waals surface area contributed by atoms with E-state index in [1.807, 2.05) is 19.1 Å². The van der Waals surface area contributed by atoms with E-state index in [0.717, 1.165) is 18.0 Å². The van der Waals surface area contributed by atoms with Crippen LogP contribution in [0.25, 0.3) is 17.2 Å². The van der Waals surface area contributed by atoms with Gasteiger partial charge >= 0.3 is 0 Å². The molecule has 3 heterocycles. The molecule has 0 saturated heterocycles. The van der Waals surface area contributed by atoms with Crippen molar-refractivity contribution in [3.05, 3.63) is 54.0 Å². The number of nitrogens with zero attached hydrogens (tertiary/aromatic N) is 8. The van der Waals surface area contributed by atoms with Crippen LogP contribution in [0.15, 0.2) is 36.8 Å². The summed E-state index contributed by atoms with van der Waals surface area (Å²) in [5, 5.41) is 15.7. The standard InChI is InChI=1S/C20H22FN9O3S/c1-12-6-5-7-16(33-4)18(12)30-19(15-11-24-29(3)27-15)25-26-20(30)28-34(31,32)13(2)8-17-22-9-14(21)10-23-17/h5-7,9-11,13H,8H2,1-4H3,(H,26,28)/t13-/m0/s1. The van der Waals surface area contributed by atoms with E-state index in [-0.39, 0.29) is 24.0 Å². The molecule has 0 amide bonds. The fourth-order valence-electron chi connectivity index (χ4n) is 3.30. The predicted octanol–water partition coefficient (Wildman–Crippen LogP) is 1.68. The number of aryl methyl sites for hydroxylation is 2. The number of sulfonamides is 1. The maximum Gasteiger partial charge on any atom is 0.243 e. The van der Waals surface area contributed by atoms with E-state index < -0.39 is 21.1 Å². The van der Waals surface area contributed by atoms with Crippen molar-refractivity contribution in [1.29, 1.82) is 0 Å². The largest absolute Gasteiger partial charge is 0.495 e. The Morgan fingerprint density at radius 1 is 1.18 bits per heavy atom. The van der Waals surface area contributed by atoms with Crippen LogP contribution in [-0.2, 0) is 23.5 Å². The zero-order chi connectivity index (χ0) is 24.5. The molecule has 0 fully saturated rings. The summed E-state index contributed by atoms with van der Waals surface area (Å²) in [7, 11) is -0.810. The second-order valence-corrected chi connectivity index (χ2v) is 9.61. The lowest BCUT2D eigenvalue weighted by molar-refractivity contribution is 0.412. The molecule has 1 N–H and O–H groups in total. The number of ether oxygens (including phenoxy) is 1. The second-order valence-electron chi connectivity index (χ2n) is 7.51. The lowest BCUT2D eigenvalue weighted by Crippen LogP contribution is -2.29. The van der Waals surface area contributed by atoms with Crippen molar-refractivity contribution in [3.63, 3.8) is 0 Å². The van der Waals surface area contributed by atoms with Crippen molar-refractivity contribution < 1.29 is 17.5 Å². The Morgan fingerprint density at radius 2 is 1.91 bits per heavy atom. The van der Waals surface area contributed by atoms with Gasteiger partial charge in [-0.1, -0.05) is 12.1 Å². The monoisotopic (exact) mass is 487 g/mol. The van der Waals surface area contributed by atoms with Gasteiger partial charge in [0.1, 0.15) is 11.6 Å². The summed E-state index contributed by atoms with van der Waals surface area (Å²) in [6, 6.07) is 5.42. The van der Waals surface area contributed by atoms with Gasteiger partial charge in [0.15, 0.2) is 17.3 Å². The summed E-state index contributed by atoms with van der Waals surface area (Å²) >= 11 is 0. The summed E-state index contributed by atoms with van der Waals surface area (Å²) in [4.78, 5) is 9.04. The number of methoxy groups -OCH3 is 1. The molecule has 1 atom stereocenters. The Kier molecular flexibility index (Phi) is 6.24. The predicted molar refractivity (Wildman–Crippen MR) is 120 cm³/mol. The highest BCUT2D eigenvalue weighted by Gasteiger charge is 2.28. The van der Waals surface area contributed by atoms with Crippen LogP contribution in [0.1, 0.15) is 18.3 Å². The number of para-hydroxylation sites is 1. The Bertz CT molecular complexity index is 1420. The molecule has 0 unspecified atom stereocenters. The van der Waals surface area contributed by atoms with E-state index >= 15 is 0 Å². The molecule has 4 aromatic rings. The molecule has 12 nitrogen and oxygen atoms in total. The normalized spacial score (nSPS) is 12.5. The van der Waals surface area contributed by atoms with Crippen molar-refractivity contribution in [2.24, 2.45) is 7.05 Å². The highest BCUT2D eigenvalue weighted by Crippen LogP contribution is 2.33. The highest BCUT2D eigenvalue weighted by molar-refractivity contribution is 7.93. The molecular weight excluding hydrogens is 465 g/mol. The number of nitrogens with one attached hydrogen (secondary N) is 1. The first kappa shape index (κ1) is 23.2. The Hall–Kier alpha value is -3.94. The minimum Gasteiger partial charge on any atom is -0.495 e. The van der Waals surface area contributed by atoms with Crippen molar-refractivity contribution in [2.75, 3.05) is 11.8 Å². The number of anilines is 1. The topological polar surface area (TPSA) is 143 Å². The van der Waals surface area contributed by atoms with Gasteiger partial charge in [-0.25, -0.2) is 22.8 Å². The maximum atomic E-state index is 13.2. The zero-order valence-electron chi connectivity index (χ0n) is 18.8. The van der Waals surface area contributed by atoms with Crippen molar-refractivity contribution >= 4 is 16.0 Å². The summed E-state index contributed by atoms with van der Waals surface area (Å²) in [5.41, 5.74) is 1.72. The lowest BCUT2D eigenvalue weighted by Gasteiger charge is -2.18. The van der Waals surface area contributed by atoms with Crippen LogP contribution in [0.2, 0.25) is 0 Å². The third kappa shape index (κ3) is 4.57. The quantitative estimate of drug-likeness (QED) is 0.393. The first-order chi connectivity index (χ1) is 16.2. The van der Waals surface area contributed by atoms with Crippen LogP contribution < -0.4 is 9.46 Å². The van der Waals surface area contributed by atoms with E-state index in [1.165, 1.54) is 29.6 Å². The maximum absolute atomic E-state index is 13.2. The molecule has 3 aromatic heterocycles. The molecular formula is C20H22FN9O3S. The molecule has 34 heavy (non-hydrogen) atoms. The van der Waals surface area contributed by atoms with Crippen LogP contribution in [0.3, 0.4) is 0 Å². The summed E-state index contributed by atoms with van der Waals surface area (Å²) in [5.74, 6) is 0.293. The molecule has 0 aliphatic rings. The van der Waals surface area contributed by atoms with Gasteiger partial charge in [-0.2, -0.15) is 15.0 Å². The molecule has 4 rings (SSSR count). The number of hydrogen-bond acceptors (Lipinski definition) is 9. The lowest BCUT2D eigenvalue weighted by atomic mass is 10.1. The molecule has 0 spiro atoms. The minimum absolute atomic E-state index is 0.0333. The zero-order valence-corrected chi connectivity index (χ0v) is 19.7. The van der Waals surface area contributed by atoms with Crippen molar-refractivity contribution in [1.82, 2.24) is 39.7 Å².